The summed E-state index contributed by atoms with van der Waals surface area (Å²) in [4.78, 5) is 2.24. The van der Waals surface area contributed by atoms with E-state index in [4.69, 9.17) is 10.2 Å². The molecule has 2 atom stereocenters. The standard InChI is InChI=1S/C15H20N4O2/c16-15-18-17-14(21-15)12-7-4-8-19(9-12)10-13(20)11-5-2-1-3-6-11/h1-3,5-6,12-13,20H,4,7-10H2,(H2,16,18)/t12?,13-/m1/s1. The number of β-amino-alcohol motifs (C(OH)–C–C–N with tert-alkyl or cyclic N) is 1. The highest BCUT2D eigenvalue weighted by atomic mass is 16.4. The molecule has 0 spiro atoms. The van der Waals surface area contributed by atoms with Gasteiger partial charge in [0, 0.05) is 13.1 Å². The van der Waals surface area contributed by atoms with Crippen LogP contribution in [0.1, 0.15) is 36.3 Å². The van der Waals surface area contributed by atoms with Crippen molar-refractivity contribution in [2.75, 3.05) is 25.4 Å². The van der Waals surface area contributed by atoms with E-state index in [2.05, 4.69) is 15.1 Å². The lowest BCUT2D eigenvalue weighted by molar-refractivity contribution is 0.0921. The molecule has 1 aliphatic rings. The minimum absolute atomic E-state index is 0.117. The molecule has 1 unspecified atom stereocenters. The maximum absolute atomic E-state index is 10.3. The molecule has 3 N–H and O–H groups in total. The van der Waals surface area contributed by atoms with Gasteiger partial charge in [0.1, 0.15) is 0 Å². The second-order valence-electron chi connectivity index (χ2n) is 5.50. The van der Waals surface area contributed by atoms with E-state index in [-0.39, 0.29) is 11.9 Å². The number of rotatable bonds is 4. The van der Waals surface area contributed by atoms with Crippen molar-refractivity contribution < 1.29 is 9.52 Å². The Bertz CT molecular complexity index is 572. The quantitative estimate of drug-likeness (QED) is 0.887. The first kappa shape index (κ1) is 14.0. The third kappa shape index (κ3) is 3.40. The van der Waals surface area contributed by atoms with Crippen molar-refractivity contribution in [1.82, 2.24) is 15.1 Å². The molecule has 1 aromatic carbocycles. The normalized spacial score (nSPS) is 21.3. The average molecular weight is 288 g/mol. The molecule has 1 saturated heterocycles. The van der Waals surface area contributed by atoms with Crippen LogP contribution in [0.3, 0.4) is 0 Å². The van der Waals surface area contributed by atoms with Crippen LogP contribution in [0, 0.1) is 0 Å². The molecule has 6 nitrogen and oxygen atoms in total. The Labute approximate surface area is 123 Å². The maximum Gasteiger partial charge on any atom is 0.312 e. The summed E-state index contributed by atoms with van der Waals surface area (Å²) in [7, 11) is 0. The molecule has 1 aromatic heterocycles. The number of benzene rings is 1. The highest BCUT2D eigenvalue weighted by Crippen LogP contribution is 2.27. The minimum atomic E-state index is -0.474. The Balaban J connectivity index is 1.61. The summed E-state index contributed by atoms with van der Waals surface area (Å²) < 4.78 is 5.33. The van der Waals surface area contributed by atoms with Crippen LogP contribution in [-0.4, -0.2) is 39.8 Å². The first-order valence-electron chi connectivity index (χ1n) is 7.26. The molecule has 0 radical (unpaired) electrons. The van der Waals surface area contributed by atoms with E-state index in [1.165, 1.54) is 0 Å². The zero-order valence-electron chi connectivity index (χ0n) is 11.9. The van der Waals surface area contributed by atoms with Crippen LogP contribution in [0.5, 0.6) is 0 Å². The van der Waals surface area contributed by atoms with Gasteiger partial charge >= 0.3 is 6.01 Å². The van der Waals surface area contributed by atoms with E-state index >= 15 is 0 Å². The second-order valence-corrected chi connectivity index (χ2v) is 5.50. The predicted molar refractivity (Wildman–Crippen MR) is 78.5 cm³/mol. The van der Waals surface area contributed by atoms with Crippen LogP contribution in [-0.2, 0) is 0 Å². The number of hydrogen-bond donors (Lipinski definition) is 2. The molecular formula is C15H20N4O2. The van der Waals surface area contributed by atoms with Crippen LogP contribution >= 0.6 is 0 Å². The number of likely N-dealkylation sites (tertiary alicyclic amines) is 1. The highest BCUT2D eigenvalue weighted by molar-refractivity contribution is 5.17. The van der Waals surface area contributed by atoms with Gasteiger partial charge in [-0.25, -0.2) is 0 Å². The van der Waals surface area contributed by atoms with Crippen LogP contribution in [0.25, 0.3) is 0 Å². The third-order valence-corrected chi connectivity index (χ3v) is 3.93. The SMILES string of the molecule is Nc1nnc(C2CCCN(C[C@@H](O)c3ccccc3)C2)o1. The largest absolute Gasteiger partial charge is 0.408 e. The van der Waals surface area contributed by atoms with Crippen molar-refractivity contribution >= 4 is 6.01 Å². The zero-order chi connectivity index (χ0) is 14.7. The average Bonchev–Trinajstić information content (AvgIpc) is 2.95. The number of nitrogens with zero attached hydrogens (tertiary/aromatic N) is 3. The summed E-state index contributed by atoms with van der Waals surface area (Å²) in [5, 5.41) is 18.0. The molecule has 112 valence electrons. The Morgan fingerprint density at radius 2 is 2.14 bits per heavy atom. The van der Waals surface area contributed by atoms with Crippen LogP contribution in [0.4, 0.5) is 6.01 Å². The van der Waals surface area contributed by atoms with E-state index in [1.54, 1.807) is 0 Å². The fraction of sp³-hybridized carbons (Fsp3) is 0.467. The van der Waals surface area contributed by atoms with Gasteiger partial charge in [-0.1, -0.05) is 35.4 Å². The number of piperidine rings is 1. The highest BCUT2D eigenvalue weighted by Gasteiger charge is 2.26. The van der Waals surface area contributed by atoms with Gasteiger partial charge in [-0.2, -0.15) is 0 Å². The summed E-state index contributed by atoms with van der Waals surface area (Å²) in [5.74, 6) is 0.804. The van der Waals surface area contributed by atoms with Gasteiger partial charge in [0.2, 0.25) is 5.89 Å². The summed E-state index contributed by atoms with van der Waals surface area (Å²) >= 11 is 0. The predicted octanol–water partition coefficient (Wildman–Crippen LogP) is 1.56. The number of nitrogens with two attached hydrogens (primary N) is 1. The fourth-order valence-electron chi connectivity index (χ4n) is 2.86. The van der Waals surface area contributed by atoms with Crippen molar-refractivity contribution in [3.63, 3.8) is 0 Å². The van der Waals surface area contributed by atoms with Crippen molar-refractivity contribution in [3.8, 4) is 0 Å². The number of aliphatic hydroxyl groups excluding tert-OH is 1. The molecule has 0 bridgehead atoms. The molecule has 21 heavy (non-hydrogen) atoms. The second kappa shape index (κ2) is 6.24. The van der Waals surface area contributed by atoms with Crippen molar-refractivity contribution in [2.45, 2.75) is 24.9 Å². The van der Waals surface area contributed by atoms with E-state index < -0.39 is 6.10 Å². The topological polar surface area (TPSA) is 88.4 Å². The van der Waals surface area contributed by atoms with Gasteiger partial charge in [-0.15, -0.1) is 5.10 Å². The Hall–Kier alpha value is -1.92. The molecule has 2 heterocycles. The molecule has 0 amide bonds. The summed E-state index contributed by atoms with van der Waals surface area (Å²) in [5.41, 5.74) is 6.43. The van der Waals surface area contributed by atoms with E-state index in [0.717, 1.165) is 31.5 Å². The first-order chi connectivity index (χ1) is 10.2. The van der Waals surface area contributed by atoms with Gasteiger partial charge in [-0.3, -0.25) is 4.90 Å². The monoisotopic (exact) mass is 288 g/mol. The first-order valence-corrected chi connectivity index (χ1v) is 7.26. The van der Waals surface area contributed by atoms with Crippen LogP contribution in [0.2, 0.25) is 0 Å². The van der Waals surface area contributed by atoms with Gasteiger partial charge in [-0.05, 0) is 24.9 Å². The van der Waals surface area contributed by atoms with E-state index in [0.29, 0.717) is 12.4 Å². The van der Waals surface area contributed by atoms with Crippen molar-refractivity contribution in [3.05, 3.63) is 41.8 Å². The number of aliphatic hydroxyl groups is 1. The molecule has 0 saturated carbocycles. The summed E-state index contributed by atoms with van der Waals surface area (Å²) in [6, 6.07) is 9.85. The maximum atomic E-state index is 10.3. The molecule has 0 aliphatic carbocycles. The molecular weight excluding hydrogens is 268 g/mol. The summed E-state index contributed by atoms with van der Waals surface area (Å²) in [6.45, 7) is 2.40. The molecule has 3 rings (SSSR count). The van der Waals surface area contributed by atoms with Gasteiger partial charge < -0.3 is 15.3 Å². The Morgan fingerprint density at radius 1 is 1.33 bits per heavy atom. The van der Waals surface area contributed by atoms with Crippen LogP contribution < -0.4 is 5.73 Å². The van der Waals surface area contributed by atoms with Crippen molar-refractivity contribution in [1.29, 1.82) is 0 Å². The fourth-order valence-corrected chi connectivity index (χ4v) is 2.86. The van der Waals surface area contributed by atoms with Gasteiger partial charge in [0.25, 0.3) is 0 Å². The molecule has 1 aliphatic heterocycles. The lowest BCUT2D eigenvalue weighted by atomic mass is 9.97. The van der Waals surface area contributed by atoms with Gasteiger partial charge in [0.15, 0.2) is 0 Å². The lowest BCUT2D eigenvalue weighted by Crippen LogP contribution is -2.37. The van der Waals surface area contributed by atoms with E-state index in [1.807, 2.05) is 30.3 Å². The van der Waals surface area contributed by atoms with E-state index in [9.17, 15) is 5.11 Å². The smallest absolute Gasteiger partial charge is 0.312 e. The number of hydrogen-bond acceptors (Lipinski definition) is 6. The summed E-state index contributed by atoms with van der Waals surface area (Å²) in [6.07, 6.45) is 1.59. The third-order valence-electron chi connectivity index (χ3n) is 3.93. The van der Waals surface area contributed by atoms with Crippen LogP contribution in [0.15, 0.2) is 34.7 Å². The Morgan fingerprint density at radius 3 is 2.86 bits per heavy atom. The number of aromatic nitrogens is 2. The van der Waals surface area contributed by atoms with Crippen molar-refractivity contribution in [2.24, 2.45) is 0 Å². The zero-order valence-corrected chi connectivity index (χ0v) is 11.9. The lowest BCUT2D eigenvalue weighted by Gasteiger charge is -2.32. The minimum Gasteiger partial charge on any atom is -0.408 e. The number of nitrogen functional groups attached to an aromatic ring is 1. The molecule has 1 fully saturated rings. The Kier molecular flexibility index (Phi) is 4.17. The van der Waals surface area contributed by atoms with Gasteiger partial charge in [0.05, 0.1) is 12.0 Å². The number of anilines is 1. The molecule has 2 aromatic rings. The molecule has 6 heteroatoms.